The zero-order valence-electron chi connectivity index (χ0n) is 8.97. The van der Waals surface area contributed by atoms with Gasteiger partial charge in [-0.2, -0.15) is 5.10 Å². The molecule has 2 rings (SSSR count). The predicted molar refractivity (Wildman–Crippen MR) is 59.1 cm³/mol. The number of amides is 1. The van der Waals surface area contributed by atoms with E-state index in [9.17, 15) is 4.79 Å². The zero-order chi connectivity index (χ0) is 11.5. The van der Waals surface area contributed by atoms with Gasteiger partial charge in [-0.3, -0.25) is 4.68 Å². The van der Waals surface area contributed by atoms with E-state index in [1.54, 1.807) is 6.20 Å². The number of nitrogen functional groups attached to an aromatic ring is 1. The Kier molecular flexibility index (Phi) is 2.98. The van der Waals surface area contributed by atoms with E-state index in [-0.39, 0.29) is 6.04 Å². The molecule has 6 heteroatoms. The number of nitrogens with two attached hydrogens (primary N) is 1. The lowest BCUT2D eigenvalue weighted by atomic mass is 9.91. The van der Waals surface area contributed by atoms with Crippen LogP contribution < -0.4 is 11.1 Å². The monoisotopic (exact) mass is 224 g/mol. The van der Waals surface area contributed by atoms with Gasteiger partial charge in [-0.05, 0) is 25.7 Å². The number of carbonyl (C=O) groups is 1. The van der Waals surface area contributed by atoms with Crippen molar-refractivity contribution in [3.05, 3.63) is 12.4 Å². The van der Waals surface area contributed by atoms with Gasteiger partial charge in [0.15, 0.2) is 0 Å². The predicted octanol–water partition coefficient (Wildman–Crippen LogP) is 1.22. The summed E-state index contributed by atoms with van der Waals surface area (Å²) in [4.78, 5) is 10.5. The standard InChI is InChI=1S/C10H16N4O2/c11-7-5-12-14(6-7)9-3-1-8(2-4-9)13-10(15)16/h5-6,8-9,13H,1-4,11H2,(H,15,16)/t8-,9-. The average Bonchev–Trinajstić information content (AvgIpc) is 2.65. The minimum atomic E-state index is -0.938. The number of rotatable bonds is 2. The van der Waals surface area contributed by atoms with E-state index in [0.29, 0.717) is 11.7 Å². The number of carboxylic acid groups (broad SMARTS) is 1. The molecular weight excluding hydrogens is 208 g/mol. The second-order valence-corrected chi connectivity index (χ2v) is 4.21. The van der Waals surface area contributed by atoms with Crippen LogP contribution in [0.2, 0.25) is 0 Å². The number of nitrogens with zero attached hydrogens (tertiary/aromatic N) is 2. The molecule has 1 fully saturated rings. The number of hydrogen-bond donors (Lipinski definition) is 3. The first-order valence-electron chi connectivity index (χ1n) is 5.44. The maximum atomic E-state index is 10.5. The Morgan fingerprint density at radius 1 is 1.50 bits per heavy atom. The molecule has 88 valence electrons. The fourth-order valence-corrected chi connectivity index (χ4v) is 2.21. The fourth-order valence-electron chi connectivity index (χ4n) is 2.21. The van der Waals surface area contributed by atoms with Crippen LogP contribution >= 0.6 is 0 Å². The first-order valence-corrected chi connectivity index (χ1v) is 5.44. The Morgan fingerprint density at radius 2 is 2.19 bits per heavy atom. The number of anilines is 1. The van der Waals surface area contributed by atoms with Crippen molar-refractivity contribution in [2.45, 2.75) is 37.8 Å². The topological polar surface area (TPSA) is 93.2 Å². The maximum Gasteiger partial charge on any atom is 0.404 e. The summed E-state index contributed by atoms with van der Waals surface area (Å²) in [6.45, 7) is 0. The van der Waals surface area contributed by atoms with Gasteiger partial charge in [-0.1, -0.05) is 0 Å². The molecule has 0 aliphatic heterocycles. The Balaban J connectivity index is 1.87. The highest BCUT2D eigenvalue weighted by Gasteiger charge is 2.23. The van der Waals surface area contributed by atoms with Crippen LogP contribution in [0.5, 0.6) is 0 Å². The van der Waals surface area contributed by atoms with Crippen molar-refractivity contribution in [2.24, 2.45) is 0 Å². The van der Waals surface area contributed by atoms with E-state index in [1.807, 2.05) is 10.9 Å². The SMILES string of the molecule is Nc1cnn([C@H]2CC[C@H](NC(=O)O)CC2)c1. The van der Waals surface area contributed by atoms with Gasteiger partial charge in [0.25, 0.3) is 0 Å². The summed E-state index contributed by atoms with van der Waals surface area (Å²) in [7, 11) is 0. The molecular formula is C10H16N4O2. The van der Waals surface area contributed by atoms with Gasteiger partial charge in [0, 0.05) is 12.2 Å². The molecule has 0 saturated heterocycles. The van der Waals surface area contributed by atoms with Gasteiger partial charge >= 0.3 is 6.09 Å². The van der Waals surface area contributed by atoms with E-state index in [0.717, 1.165) is 25.7 Å². The Hall–Kier alpha value is -1.72. The largest absolute Gasteiger partial charge is 0.465 e. The molecule has 0 bridgehead atoms. The highest BCUT2D eigenvalue weighted by molar-refractivity contribution is 5.64. The first-order chi connectivity index (χ1) is 7.65. The molecule has 1 aromatic heterocycles. The average molecular weight is 224 g/mol. The first kappa shape index (κ1) is 10.8. The molecule has 1 aromatic rings. The van der Waals surface area contributed by atoms with E-state index in [1.165, 1.54) is 0 Å². The molecule has 1 amide bonds. The van der Waals surface area contributed by atoms with E-state index < -0.39 is 6.09 Å². The van der Waals surface area contributed by atoms with Crippen molar-refractivity contribution in [2.75, 3.05) is 5.73 Å². The summed E-state index contributed by atoms with van der Waals surface area (Å²) in [5, 5.41) is 15.3. The summed E-state index contributed by atoms with van der Waals surface area (Å²) in [6.07, 6.45) is 6.12. The van der Waals surface area contributed by atoms with Gasteiger partial charge in [0.2, 0.25) is 0 Å². The molecule has 0 atom stereocenters. The zero-order valence-corrected chi connectivity index (χ0v) is 8.97. The highest BCUT2D eigenvalue weighted by Crippen LogP contribution is 2.28. The van der Waals surface area contributed by atoms with Crippen LogP contribution in [-0.4, -0.2) is 27.0 Å². The molecule has 1 aliphatic carbocycles. The van der Waals surface area contributed by atoms with Gasteiger partial charge < -0.3 is 16.2 Å². The van der Waals surface area contributed by atoms with E-state index >= 15 is 0 Å². The highest BCUT2D eigenvalue weighted by atomic mass is 16.4. The molecule has 0 radical (unpaired) electrons. The van der Waals surface area contributed by atoms with Crippen molar-refractivity contribution in [3.63, 3.8) is 0 Å². The molecule has 0 unspecified atom stereocenters. The van der Waals surface area contributed by atoms with Crippen LogP contribution in [0.3, 0.4) is 0 Å². The van der Waals surface area contributed by atoms with E-state index in [4.69, 9.17) is 10.8 Å². The van der Waals surface area contributed by atoms with Crippen LogP contribution in [-0.2, 0) is 0 Å². The third-order valence-electron chi connectivity index (χ3n) is 3.02. The summed E-state index contributed by atoms with van der Waals surface area (Å²) in [5.41, 5.74) is 6.28. The second-order valence-electron chi connectivity index (χ2n) is 4.21. The van der Waals surface area contributed by atoms with Crippen LogP contribution in [0, 0.1) is 0 Å². The summed E-state index contributed by atoms with van der Waals surface area (Å²) < 4.78 is 1.88. The summed E-state index contributed by atoms with van der Waals surface area (Å²) in [5.74, 6) is 0. The Bertz CT molecular complexity index is 369. The molecule has 0 spiro atoms. The third kappa shape index (κ3) is 2.44. The number of aromatic nitrogens is 2. The van der Waals surface area contributed by atoms with Gasteiger partial charge in [-0.15, -0.1) is 0 Å². The van der Waals surface area contributed by atoms with Crippen molar-refractivity contribution >= 4 is 11.8 Å². The molecule has 1 saturated carbocycles. The molecule has 4 N–H and O–H groups in total. The van der Waals surface area contributed by atoms with Crippen LogP contribution in [0.25, 0.3) is 0 Å². The smallest absolute Gasteiger partial charge is 0.404 e. The molecule has 1 heterocycles. The van der Waals surface area contributed by atoms with Crippen LogP contribution in [0.15, 0.2) is 12.4 Å². The van der Waals surface area contributed by atoms with Gasteiger partial charge in [0.1, 0.15) is 0 Å². The Morgan fingerprint density at radius 3 is 2.69 bits per heavy atom. The Labute approximate surface area is 93.4 Å². The number of nitrogens with one attached hydrogen (secondary N) is 1. The van der Waals surface area contributed by atoms with Crippen LogP contribution in [0.4, 0.5) is 10.5 Å². The number of hydrogen-bond acceptors (Lipinski definition) is 3. The minimum Gasteiger partial charge on any atom is -0.465 e. The normalized spacial score (nSPS) is 25.2. The van der Waals surface area contributed by atoms with Crippen molar-refractivity contribution in [1.29, 1.82) is 0 Å². The van der Waals surface area contributed by atoms with E-state index in [2.05, 4.69) is 10.4 Å². The van der Waals surface area contributed by atoms with Gasteiger partial charge in [0.05, 0.1) is 17.9 Å². The summed E-state index contributed by atoms with van der Waals surface area (Å²) >= 11 is 0. The lowest BCUT2D eigenvalue weighted by molar-refractivity contribution is 0.182. The minimum absolute atomic E-state index is 0.0849. The van der Waals surface area contributed by atoms with Crippen molar-refractivity contribution in [1.82, 2.24) is 15.1 Å². The molecule has 6 nitrogen and oxygen atoms in total. The third-order valence-corrected chi connectivity index (χ3v) is 3.02. The fraction of sp³-hybridized carbons (Fsp3) is 0.600. The van der Waals surface area contributed by atoms with Crippen molar-refractivity contribution in [3.8, 4) is 0 Å². The molecule has 1 aliphatic rings. The van der Waals surface area contributed by atoms with Crippen LogP contribution in [0.1, 0.15) is 31.7 Å². The lowest BCUT2D eigenvalue weighted by Gasteiger charge is -2.28. The lowest BCUT2D eigenvalue weighted by Crippen LogP contribution is -2.37. The molecule has 16 heavy (non-hydrogen) atoms. The van der Waals surface area contributed by atoms with Crippen molar-refractivity contribution < 1.29 is 9.90 Å². The summed E-state index contributed by atoms with van der Waals surface area (Å²) in [6, 6.07) is 0.436. The quantitative estimate of drug-likeness (QED) is 0.704. The maximum absolute atomic E-state index is 10.5. The molecule has 0 aromatic carbocycles. The second kappa shape index (κ2) is 4.42. The van der Waals surface area contributed by atoms with Gasteiger partial charge in [-0.25, -0.2) is 4.79 Å².